The third-order valence-electron chi connectivity index (χ3n) is 6.47. The predicted octanol–water partition coefficient (Wildman–Crippen LogP) is 7.04. The largest absolute Gasteiger partial charge is 0.488 e. The zero-order chi connectivity index (χ0) is 41.7. The molecule has 5 aromatic carbocycles. The molecule has 0 fully saturated rings. The lowest BCUT2D eigenvalue weighted by molar-refractivity contribution is 0.426. The van der Waals surface area contributed by atoms with Gasteiger partial charge in [0.1, 0.15) is 11.2 Å². The van der Waals surface area contributed by atoms with Crippen LogP contribution in [0.4, 0.5) is 17.1 Å². The van der Waals surface area contributed by atoms with E-state index in [0.29, 0.717) is 4.90 Å². The minimum Gasteiger partial charge on any atom is -0.456 e. The van der Waals surface area contributed by atoms with E-state index in [0.717, 1.165) is 0 Å². The first kappa shape index (κ1) is 10.8. The van der Waals surface area contributed by atoms with E-state index < -0.39 is 166 Å². The summed E-state index contributed by atoms with van der Waals surface area (Å²) in [5.41, 5.74) is -6.37. The summed E-state index contributed by atoms with van der Waals surface area (Å²) in [4.78, 5) is 0.657. The van der Waals surface area contributed by atoms with Crippen LogP contribution in [0.2, 0.25) is 0 Å². The van der Waals surface area contributed by atoms with Gasteiger partial charge in [0.15, 0.2) is 0 Å². The fourth-order valence-electron chi connectivity index (χ4n) is 4.66. The lowest BCUT2D eigenvalue weighted by Gasteiger charge is -2.28. The lowest BCUT2D eigenvalue weighted by atomic mass is 9.80. The predicted molar refractivity (Wildman–Crippen MR) is 156 cm³/mol. The fourth-order valence-corrected chi connectivity index (χ4v) is 4.66. The van der Waals surface area contributed by atoms with Crippen LogP contribution < -0.4 is 10.4 Å². The summed E-state index contributed by atoms with van der Waals surface area (Å²) in [6, 6.07) is -14.3. The summed E-state index contributed by atoms with van der Waals surface area (Å²) in [5.74, 6) is 0. The first-order chi connectivity index (χ1) is 25.9. The molecule has 7 rings (SSSR count). The topological polar surface area (TPSA) is 56.8 Å². The van der Waals surface area contributed by atoms with E-state index in [1.165, 1.54) is 13.8 Å². The van der Waals surface area contributed by atoms with Crippen LogP contribution in [0.1, 0.15) is 49.6 Å². The summed E-state index contributed by atoms with van der Waals surface area (Å²) >= 11 is 0. The van der Waals surface area contributed by atoms with E-state index in [4.69, 9.17) is 23.6 Å². The summed E-state index contributed by atoms with van der Waals surface area (Å²) in [6.07, 6.45) is 0. The Morgan fingerprint density at radius 3 is 2.21 bits per heavy atom. The van der Waals surface area contributed by atoms with E-state index >= 15 is 0 Å². The smallest absolute Gasteiger partial charge is 0.456 e. The Labute approximate surface area is 246 Å². The Hall–Kier alpha value is -4.32. The van der Waals surface area contributed by atoms with Crippen molar-refractivity contribution in [3.05, 3.63) is 120 Å². The van der Waals surface area contributed by atoms with Gasteiger partial charge in [0.05, 0.1) is 35.7 Å². The van der Waals surface area contributed by atoms with Crippen molar-refractivity contribution in [3.63, 3.8) is 0 Å². The Morgan fingerprint density at radius 2 is 1.39 bits per heavy atom. The molecule has 2 N–H and O–H groups in total. The van der Waals surface area contributed by atoms with Crippen molar-refractivity contribution in [1.29, 1.82) is 0 Å². The molecule has 0 unspecified atom stereocenters. The molecule has 6 aromatic rings. The van der Waals surface area contributed by atoms with Gasteiger partial charge in [-0.05, 0) is 70.0 Å². The number of nitrogens with zero attached hydrogens (tertiary/aromatic N) is 1. The van der Waals surface area contributed by atoms with Crippen molar-refractivity contribution >= 4 is 51.6 Å². The number of para-hydroxylation sites is 1. The maximum atomic E-state index is 10.0. The standard InChI is InChI=1S/C33H26BNO3/c1-33(2)27-10-5-3-8-24(27)25-19-18-23(20-28(25)33)35(22-16-14-21(15-17-22)34(36)37)29-11-7-13-31-32(29)26-9-4-6-12-30(26)38-31/h3-20,36-37H,1-2H3/i3D,4D,5D,6D,7D,8D,9D,10D,11D,12D,13D,14D,15D,16D,17D,18D,19D,20D. The summed E-state index contributed by atoms with van der Waals surface area (Å²) in [7, 11) is -2.53. The molecular weight excluding hydrogens is 469 g/mol. The summed E-state index contributed by atoms with van der Waals surface area (Å²) < 4.78 is 165. The van der Waals surface area contributed by atoms with Crippen LogP contribution in [0.15, 0.2) is 113 Å². The van der Waals surface area contributed by atoms with Gasteiger partial charge in [0.2, 0.25) is 0 Å². The molecule has 1 aliphatic carbocycles. The van der Waals surface area contributed by atoms with Gasteiger partial charge in [-0.15, -0.1) is 0 Å². The van der Waals surface area contributed by atoms with E-state index in [1.807, 2.05) is 0 Å². The van der Waals surface area contributed by atoms with E-state index in [2.05, 4.69) is 0 Å². The molecular formula is C33H26BNO3. The molecule has 0 aliphatic heterocycles. The second-order valence-electron chi connectivity index (χ2n) is 9.05. The van der Waals surface area contributed by atoms with E-state index in [9.17, 15) is 15.5 Å². The summed E-state index contributed by atoms with van der Waals surface area (Å²) in [5, 5.41) is 19.1. The van der Waals surface area contributed by atoms with Crippen molar-refractivity contribution < 1.29 is 39.1 Å². The minimum atomic E-state index is -2.53. The van der Waals surface area contributed by atoms with Gasteiger partial charge < -0.3 is 19.4 Å². The number of benzene rings is 5. The molecule has 1 aliphatic rings. The van der Waals surface area contributed by atoms with Gasteiger partial charge in [-0.3, -0.25) is 0 Å². The number of rotatable bonds is 4. The first-order valence-corrected chi connectivity index (χ1v) is 11.4. The lowest BCUT2D eigenvalue weighted by Crippen LogP contribution is -2.29. The Kier molecular flexibility index (Phi) is 2.38. The maximum absolute atomic E-state index is 10.0. The number of hydrogen-bond donors (Lipinski definition) is 2. The van der Waals surface area contributed by atoms with Gasteiger partial charge >= 0.3 is 7.12 Å². The van der Waals surface area contributed by atoms with Crippen molar-refractivity contribution in [3.8, 4) is 11.1 Å². The molecule has 184 valence electrons. The zero-order valence-corrected chi connectivity index (χ0v) is 19.8. The molecule has 0 amide bonds. The van der Waals surface area contributed by atoms with Crippen LogP contribution in [0.3, 0.4) is 0 Å². The van der Waals surface area contributed by atoms with Crippen molar-refractivity contribution in [1.82, 2.24) is 0 Å². The Balaban J connectivity index is 1.78. The van der Waals surface area contributed by atoms with Gasteiger partial charge in [-0.25, -0.2) is 0 Å². The quantitative estimate of drug-likeness (QED) is 0.248. The van der Waals surface area contributed by atoms with Gasteiger partial charge in [0.25, 0.3) is 0 Å². The second kappa shape index (κ2) is 8.35. The monoisotopic (exact) mass is 513 g/mol. The van der Waals surface area contributed by atoms with Crippen molar-refractivity contribution in [2.75, 3.05) is 4.90 Å². The average molecular weight is 513 g/mol. The van der Waals surface area contributed by atoms with Crippen LogP contribution >= 0.6 is 0 Å². The SMILES string of the molecule is [2H]c1c([2H])c([2H])c2c(c1[2H])-c1c([2H])c([2H])c(N(c3c([2H])c([2H])c(B(O)O)c([2H])c3[2H])c3c([2H])c([2H])c([2H])c4oc5c([2H])c([2H])c([2H])c([2H])c5c34)c([2H])c1C2(C)C. The normalized spacial score (nSPS) is 20.1. The second-order valence-corrected chi connectivity index (χ2v) is 9.05. The number of hydrogen-bond acceptors (Lipinski definition) is 4. The van der Waals surface area contributed by atoms with Crippen LogP contribution in [-0.2, 0) is 5.41 Å². The molecule has 1 aromatic heterocycles. The number of furan rings is 1. The van der Waals surface area contributed by atoms with E-state index in [1.54, 1.807) is 0 Å². The van der Waals surface area contributed by atoms with Crippen LogP contribution in [0.25, 0.3) is 33.1 Å². The molecule has 0 atom stereocenters. The molecule has 1 heterocycles. The molecule has 38 heavy (non-hydrogen) atoms. The van der Waals surface area contributed by atoms with E-state index in [-0.39, 0.29) is 22.3 Å². The fraction of sp³-hybridized carbons (Fsp3) is 0.0909. The molecule has 0 saturated heterocycles. The third-order valence-corrected chi connectivity index (χ3v) is 6.47. The van der Waals surface area contributed by atoms with Gasteiger partial charge in [0, 0.05) is 22.2 Å². The van der Waals surface area contributed by atoms with Crippen molar-refractivity contribution in [2.45, 2.75) is 19.3 Å². The van der Waals surface area contributed by atoms with Crippen LogP contribution in [0.5, 0.6) is 0 Å². The minimum absolute atomic E-state index is 0.0125. The Bertz CT molecular complexity index is 2790. The molecule has 0 radical (unpaired) electrons. The molecule has 0 saturated carbocycles. The van der Waals surface area contributed by atoms with Crippen LogP contribution in [-0.4, -0.2) is 17.2 Å². The highest BCUT2D eigenvalue weighted by Crippen LogP contribution is 2.51. The number of anilines is 3. The molecule has 5 heteroatoms. The summed E-state index contributed by atoms with van der Waals surface area (Å²) in [6.45, 7) is 3.01. The van der Waals surface area contributed by atoms with Crippen LogP contribution in [0, 0.1) is 0 Å². The maximum Gasteiger partial charge on any atom is 0.488 e. The third kappa shape index (κ3) is 3.33. The average Bonchev–Trinajstić information content (AvgIpc) is 3.65. The highest BCUT2D eigenvalue weighted by molar-refractivity contribution is 6.58. The van der Waals surface area contributed by atoms with Gasteiger partial charge in [-0.2, -0.15) is 0 Å². The molecule has 4 nitrogen and oxygen atoms in total. The number of fused-ring (bicyclic) bond motifs is 6. The highest BCUT2D eigenvalue weighted by Gasteiger charge is 2.35. The Morgan fingerprint density at radius 1 is 0.711 bits per heavy atom. The molecule has 0 spiro atoms. The van der Waals surface area contributed by atoms with Crippen molar-refractivity contribution in [2.24, 2.45) is 0 Å². The van der Waals surface area contributed by atoms with Gasteiger partial charge in [-0.1, -0.05) is 80.3 Å². The molecule has 0 bridgehead atoms. The highest BCUT2D eigenvalue weighted by atomic mass is 16.4. The first-order valence-electron chi connectivity index (χ1n) is 20.4. The zero-order valence-electron chi connectivity index (χ0n) is 37.8.